The number of nitrogens with zero attached hydrogens (tertiary/aromatic N) is 3. The Hall–Kier alpha value is -3.88. The van der Waals surface area contributed by atoms with E-state index in [9.17, 15) is 23.2 Å². The Labute approximate surface area is 227 Å². The third-order valence-corrected chi connectivity index (χ3v) is 7.08. The molecule has 11 heteroatoms. The zero-order valence-electron chi connectivity index (χ0n) is 20.3. The number of carbonyl (C=O) groups excluding carboxylic acids is 1. The van der Waals surface area contributed by atoms with Crippen molar-refractivity contribution >= 4 is 41.1 Å². The average molecular weight is 555 g/mol. The number of nitriles is 1. The Morgan fingerprint density at radius 2 is 1.95 bits per heavy atom. The van der Waals surface area contributed by atoms with Gasteiger partial charge in [0, 0.05) is 23.4 Å². The molecule has 6 nitrogen and oxygen atoms in total. The molecule has 1 fully saturated rings. The monoisotopic (exact) mass is 554 g/mol. The number of benzene rings is 2. The Balaban J connectivity index is 1.70. The van der Waals surface area contributed by atoms with Crippen LogP contribution in [-0.2, 0) is 16.7 Å². The van der Waals surface area contributed by atoms with E-state index in [2.05, 4.69) is 10.3 Å². The Morgan fingerprint density at radius 1 is 1.21 bits per heavy atom. The second-order valence-electron chi connectivity index (χ2n) is 8.11. The standard InChI is InChI=1S/C27H21F3N4O2S2/c1-3-34-25(35)21(32-26(34)37)12-16-9-10-22(36-2)18(11-16)15-38-24-20(14-31)19(17-7-5-4-6-8-17)13-23(33-24)27(28,29)30/h4-13H,3,15H2,1-2H3,(H,32,37)/b21-12+. The molecule has 1 N–H and O–H groups in total. The highest BCUT2D eigenvalue weighted by atomic mass is 32.2. The first-order chi connectivity index (χ1) is 18.2. The van der Waals surface area contributed by atoms with E-state index >= 15 is 0 Å². The number of thioether (sulfide) groups is 1. The van der Waals surface area contributed by atoms with Gasteiger partial charge in [-0.15, -0.1) is 11.8 Å². The maximum atomic E-state index is 13.7. The maximum absolute atomic E-state index is 13.7. The Morgan fingerprint density at radius 3 is 2.55 bits per heavy atom. The first kappa shape index (κ1) is 27.2. The molecule has 0 unspecified atom stereocenters. The van der Waals surface area contributed by atoms with E-state index in [1.807, 2.05) is 13.0 Å². The summed E-state index contributed by atoms with van der Waals surface area (Å²) in [6.07, 6.45) is -3.04. The average Bonchev–Trinajstić information content (AvgIpc) is 3.18. The molecule has 0 saturated carbocycles. The molecule has 0 spiro atoms. The van der Waals surface area contributed by atoms with Crippen LogP contribution in [-0.4, -0.2) is 34.6 Å². The molecule has 1 amide bonds. The van der Waals surface area contributed by atoms with E-state index in [0.29, 0.717) is 39.8 Å². The lowest BCUT2D eigenvalue weighted by Gasteiger charge is -2.15. The van der Waals surface area contributed by atoms with Gasteiger partial charge in [-0.05, 0) is 54.5 Å². The number of thiocarbonyl (C=S) groups is 1. The highest BCUT2D eigenvalue weighted by Crippen LogP contribution is 2.38. The number of hydrogen-bond donors (Lipinski definition) is 1. The van der Waals surface area contributed by atoms with E-state index < -0.39 is 11.9 Å². The quantitative estimate of drug-likeness (QED) is 0.218. The SMILES string of the molecule is CCN1C(=O)/C(=C\c2ccc(OC)c(CSc3nc(C(F)(F)F)cc(-c4ccccc4)c3C#N)c2)NC1=S. The van der Waals surface area contributed by atoms with Gasteiger partial charge in [-0.25, -0.2) is 4.98 Å². The summed E-state index contributed by atoms with van der Waals surface area (Å²) in [4.78, 5) is 17.8. The van der Waals surface area contributed by atoms with Crippen LogP contribution in [0.3, 0.4) is 0 Å². The number of halogens is 3. The number of aromatic nitrogens is 1. The fraction of sp³-hybridized carbons (Fsp3) is 0.185. The van der Waals surface area contributed by atoms with Crippen molar-refractivity contribution in [3.8, 4) is 22.9 Å². The minimum atomic E-state index is -4.69. The van der Waals surface area contributed by atoms with E-state index in [4.69, 9.17) is 17.0 Å². The molecular weight excluding hydrogens is 533 g/mol. The van der Waals surface area contributed by atoms with Crippen LogP contribution in [0.1, 0.15) is 29.3 Å². The largest absolute Gasteiger partial charge is 0.496 e. The Kier molecular flexibility index (Phi) is 8.04. The summed E-state index contributed by atoms with van der Waals surface area (Å²) in [6, 6.07) is 16.6. The minimum absolute atomic E-state index is 0.0384. The van der Waals surface area contributed by atoms with Crippen molar-refractivity contribution in [1.82, 2.24) is 15.2 Å². The van der Waals surface area contributed by atoms with Gasteiger partial charge < -0.3 is 10.1 Å². The molecule has 3 aromatic rings. The molecule has 194 valence electrons. The van der Waals surface area contributed by atoms with Crippen LogP contribution >= 0.6 is 24.0 Å². The molecule has 1 saturated heterocycles. The summed E-state index contributed by atoms with van der Waals surface area (Å²) >= 11 is 6.20. The molecule has 2 aromatic carbocycles. The van der Waals surface area contributed by atoms with Gasteiger partial charge in [0.25, 0.3) is 5.91 Å². The van der Waals surface area contributed by atoms with Crippen LogP contribution in [0.15, 0.2) is 65.3 Å². The van der Waals surface area contributed by atoms with Crippen molar-refractivity contribution in [3.05, 3.63) is 82.7 Å². The summed E-state index contributed by atoms with van der Waals surface area (Å²) in [5.74, 6) is 0.424. The number of rotatable bonds is 7. The number of alkyl halides is 3. The van der Waals surface area contributed by atoms with Crippen molar-refractivity contribution in [3.63, 3.8) is 0 Å². The topological polar surface area (TPSA) is 78.2 Å². The predicted octanol–water partition coefficient (Wildman–Crippen LogP) is 6.02. The third-order valence-electron chi connectivity index (χ3n) is 5.73. The van der Waals surface area contributed by atoms with E-state index in [0.717, 1.165) is 17.8 Å². The molecule has 0 atom stereocenters. The number of likely N-dealkylation sites (N-methyl/N-ethyl adjacent to an activating group) is 1. The van der Waals surface area contributed by atoms with Gasteiger partial charge in [0.2, 0.25) is 0 Å². The summed E-state index contributed by atoms with van der Waals surface area (Å²) < 4.78 is 46.6. The first-order valence-electron chi connectivity index (χ1n) is 11.4. The summed E-state index contributed by atoms with van der Waals surface area (Å²) in [6.45, 7) is 2.25. The molecule has 1 aliphatic rings. The molecule has 0 radical (unpaired) electrons. The van der Waals surface area contributed by atoms with Crippen molar-refractivity contribution < 1.29 is 22.7 Å². The number of pyridine rings is 1. The summed E-state index contributed by atoms with van der Waals surface area (Å²) in [5, 5.41) is 13.1. The lowest BCUT2D eigenvalue weighted by atomic mass is 10.0. The highest BCUT2D eigenvalue weighted by Gasteiger charge is 2.34. The fourth-order valence-electron chi connectivity index (χ4n) is 3.90. The van der Waals surface area contributed by atoms with Crippen molar-refractivity contribution in [1.29, 1.82) is 5.26 Å². The molecule has 0 aliphatic carbocycles. The van der Waals surface area contributed by atoms with Gasteiger partial charge in [0.1, 0.15) is 28.2 Å². The van der Waals surface area contributed by atoms with Gasteiger partial charge in [0.15, 0.2) is 5.11 Å². The second-order valence-corrected chi connectivity index (χ2v) is 9.46. The van der Waals surface area contributed by atoms with Crippen LogP contribution in [0.2, 0.25) is 0 Å². The predicted molar refractivity (Wildman–Crippen MR) is 143 cm³/mol. The van der Waals surface area contributed by atoms with Crippen LogP contribution in [0.4, 0.5) is 13.2 Å². The van der Waals surface area contributed by atoms with Crippen molar-refractivity contribution in [2.45, 2.75) is 23.9 Å². The van der Waals surface area contributed by atoms with Crippen molar-refractivity contribution in [2.24, 2.45) is 0 Å². The van der Waals surface area contributed by atoms with Gasteiger partial charge in [0.05, 0.1) is 12.7 Å². The third kappa shape index (κ3) is 5.66. The number of ether oxygens (including phenoxy) is 1. The number of carbonyl (C=O) groups is 1. The van der Waals surface area contributed by atoms with Crippen LogP contribution in [0.5, 0.6) is 5.75 Å². The molecule has 1 aromatic heterocycles. The van der Waals surface area contributed by atoms with Gasteiger partial charge in [-0.1, -0.05) is 36.4 Å². The second kappa shape index (κ2) is 11.2. The van der Waals surface area contributed by atoms with Crippen LogP contribution in [0, 0.1) is 11.3 Å². The lowest BCUT2D eigenvalue weighted by Crippen LogP contribution is -2.30. The maximum Gasteiger partial charge on any atom is 0.433 e. The van der Waals surface area contributed by atoms with Crippen LogP contribution < -0.4 is 10.1 Å². The lowest BCUT2D eigenvalue weighted by molar-refractivity contribution is -0.141. The molecule has 4 rings (SSSR count). The normalized spacial score (nSPS) is 14.5. The summed E-state index contributed by atoms with van der Waals surface area (Å²) in [5.41, 5.74) is 1.26. The molecule has 2 heterocycles. The zero-order chi connectivity index (χ0) is 27.4. The molecule has 38 heavy (non-hydrogen) atoms. The first-order valence-corrected chi connectivity index (χ1v) is 12.8. The van der Waals surface area contributed by atoms with Crippen LogP contribution in [0.25, 0.3) is 17.2 Å². The Bertz CT molecular complexity index is 1470. The number of hydrogen-bond acceptors (Lipinski definition) is 6. The number of nitrogens with one attached hydrogen (secondary N) is 1. The van der Waals surface area contributed by atoms with E-state index in [-0.39, 0.29) is 27.8 Å². The molecule has 1 aliphatic heterocycles. The van der Waals surface area contributed by atoms with E-state index in [1.165, 1.54) is 12.0 Å². The van der Waals surface area contributed by atoms with E-state index in [1.54, 1.807) is 54.6 Å². The number of methoxy groups -OCH3 is 1. The summed E-state index contributed by atoms with van der Waals surface area (Å²) in [7, 11) is 1.48. The fourth-order valence-corrected chi connectivity index (χ4v) is 5.20. The molecular formula is C27H21F3N4O2S2. The van der Waals surface area contributed by atoms with Gasteiger partial charge in [-0.2, -0.15) is 18.4 Å². The highest BCUT2D eigenvalue weighted by molar-refractivity contribution is 7.98. The minimum Gasteiger partial charge on any atom is -0.496 e. The molecule has 0 bridgehead atoms. The van der Waals surface area contributed by atoms with Gasteiger partial charge in [-0.3, -0.25) is 9.69 Å². The number of amides is 1. The zero-order valence-corrected chi connectivity index (χ0v) is 21.9. The van der Waals surface area contributed by atoms with Crippen molar-refractivity contribution in [2.75, 3.05) is 13.7 Å². The smallest absolute Gasteiger partial charge is 0.433 e. The van der Waals surface area contributed by atoms with Gasteiger partial charge >= 0.3 is 6.18 Å².